The summed E-state index contributed by atoms with van der Waals surface area (Å²) in [5.74, 6) is 0. The minimum Gasteiger partial charge on any atom is -0.394 e. The Kier molecular flexibility index (Phi) is 6.59. The van der Waals surface area contributed by atoms with E-state index in [1.807, 2.05) is 0 Å². The van der Waals surface area contributed by atoms with Crippen molar-refractivity contribution in [1.29, 1.82) is 0 Å². The normalized spacial score (nSPS) is 10.8. The third kappa shape index (κ3) is 4.75. The van der Waals surface area contributed by atoms with Crippen molar-refractivity contribution in [2.45, 2.75) is 19.9 Å². The van der Waals surface area contributed by atoms with Gasteiger partial charge in [-0.25, -0.2) is 0 Å². The summed E-state index contributed by atoms with van der Waals surface area (Å²) in [6, 6.07) is 2.18. The highest BCUT2D eigenvalue weighted by molar-refractivity contribution is 7.10. The van der Waals surface area contributed by atoms with E-state index in [2.05, 4.69) is 23.7 Å². The van der Waals surface area contributed by atoms with E-state index in [-0.39, 0.29) is 6.61 Å². The van der Waals surface area contributed by atoms with Crippen LogP contribution in [-0.4, -0.2) is 31.5 Å². The van der Waals surface area contributed by atoms with Gasteiger partial charge < -0.3 is 15.2 Å². The van der Waals surface area contributed by atoms with E-state index in [1.54, 1.807) is 11.3 Å². The molecule has 15 heavy (non-hydrogen) atoms. The molecule has 4 heteroatoms. The molecule has 0 radical (unpaired) electrons. The number of nitrogens with one attached hydrogen (secondary N) is 1. The number of ether oxygens (including phenoxy) is 1. The van der Waals surface area contributed by atoms with Crippen molar-refractivity contribution < 1.29 is 9.84 Å². The van der Waals surface area contributed by atoms with Gasteiger partial charge in [0.05, 0.1) is 19.8 Å². The Morgan fingerprint density at radius 2 is 2.33 bits per heavy atom. The van der Waals surface area contributed by atoms with Crippen molar-refractivity contribution in [1.82, 2.24) is 5.32 Å². The maximum atomic E-state index is 8.50. The highest BCUT2D eigenvalue weighted by atomic mass is 32.1. The van der Waals surface area contributed by atoms with E-state index < -0.39 is 0 Å². The van der Waals surface area contributed by atoms with Crippen LogP contribution in [0, 0.1) is 0 Å². The average molecular weight is 229 g/mol. The molecule has 0 atom stereocenters. The number of rotatable bonds is 8. The summed E-state index contributed by atoms with van der Waals surface area (Å²) < 4.78 is 5.15. The van der Waals surface area contributed by atoms with Gasteiger partial charge in [0.25, 0.3) is 0 Å². The molecule has 0 fully saturated rings. The molecule has 0 unspecified atom stereocenters. The van der Waals surface area contributed by atoms with Crippen molar-refractivity contribution >= 4 is 11.3 Å². The van der Waals surface area contributed by atoms with Crippen LogP contribution in [0.5, 0.6) is 0 Å². The molecule has 3 nitrogen and oxygen atoms in total. The van der Waals surface area contributed by atoms with Crippen LogP contribution in [0.3, 0.4) is 0 Å². The first-order valence-electron chi connectivity index (χ1n) is 5.33. The van der Waals surface area contributed by atoms with Crippen LogP contribution in [0.15, 0.2) is 11.4 Å². The maximum Gasteiger partial charge on any atom is 0.0698 e. The lowest BCUT2D eigenvalue weighted by atomic mass is 10.2. The first-order valence-corrected chi connectivity index (χ1v) is 6.21. The number of aliphatic hydroxyl groups is 1. The van der Waals surface area contributed by atoms with Gasteiger partial charge in [0.2, 0.25) is 0 Å². The lowest BCUT2D eigenvalue weighted by Crippen LogP contribution is -2.20. The third-order valence-electron chi connectivity index (χ3n) is 2.16. The molecule has 0 bridgehead atoms. The molecule has 0 aliphatic rings. The maximum absolute atomic E-state index is 8.50. The number of aryl methyl sites for hydroxylation is 1. The topological polar surface area (TPSA) is 41.5 Å². The molecule has 0 aliphatic heterocycles. The zero-order valence-electron chi connectivity index (χ0n) is 9.16. The van der Waals surface area contributed by atoms with Gasteiger partial charge in [0, 0.05) is 18.0 Å². The van der Waals surface area contributed by atoms with Gasteiger partial charge >= 0.3 is 0 Å². The first-order chi connectivity index (χ1) is 7.38. The summed E-state index contributed by atoms with van der Waals surface area (Å²) in [5.41, 5.74) is 1.43. The van der Waals surface area contributed by atoms with E-state index in [4.69, 9.17) is 9.84 Å². The Morgan fingerprint density at radius 3 is 3.07 bits per heavy atom. The number of hydrogen-bond donors (Lipinski definition) is 2. The van der Waals surface area contributed by atoms with E-state index in [1.165, 1.54) is 10.4 Å². The van der Waals surface area contributed by atoms with Crippen LogP contribution < -0.4 is 5.32 Å². The molecule has 0 saturated carbocycles. The van der Waals surface area contributed by atoms with Crippen molar-refractivity contribution in [3.8, 4) is 0 Å². The Hall–Kier alpha value is -0.420. The molecule has 86 valence electrons. The van der Waals surface area contributed by atoms with Crippen LogP contribution in [0.1, 0.15) is 17.4 Å². The molecular formula is C11H19NO2S. The molecular weight excluding hydrogens is 210 g/mol. The van der Waals surface area contributed by atoms with Gasteiger partial charge in [-0.05, 0) is 23.4 Å². The smallest absolute Gasteiger partial charge is 0.0698 e. The molecule has 0 aromatic carbocycles. The van der Waals surface area contributed by atoms with Gasteiger partial charge in [0.15, 0.2) is 0 Å². The van der Waals surface area contributed by atoms with Crippen LogP contribution in [0.4, 0.5) is 0 Å². The zero-order valence-corrected chi connectivity index (χ0v) is 9.98. The quantitative estimate of drug-likeness (QED) is 0.662. The van der Waals surface area contributed by atoms with E-state index >= 15 is 0 Å². The Bertz CT molecular complexity index is 263. The molecule has 0 spiro atoms. The largest absolute Gasteiger partial charge is 0.394 e. The highest BCUT2D eigenvalue weighted by Gasteiger charge is 2.00. The molecule has 2 N–H and O–H groups in total. The van der Waals surface area contributed by atoms with Crippen LogP contribution in [-0.2, 0) is 17.7 Å². The number of hydrogen-bond acceptors (Lipinski definition) is 4. The summed E-state index contributed by atoms with van der Waals surface area (Å²) in [7, 11) is 0. The predicted octanol–water partition coefficient (Wildman–Crippen LogP) is 1.41. The molecule has 1 aromatic heterocycles. The van der Waals surface area contributed by atoms with E-state index in [0.29, 0.717) is 13.2 Å². The van der Waals surface area contributed by atoms with Crippen LogP contribution >= 0.6 is 11.3 Å². The molecule has 1 aromatic rings. The summed E-state index contributed by atoms with van der Waals surface area (Å²) in [4.78, 5) is 1.42. The standard InChI is InChI=1S/C11H19NO2S/c1-2-10-3-8-15-11(10)9-12-4-6-14-7-5-13/h3,8,12-13H,2,4-7,9H2,1H3. The van der Waals surface area contributed by atoms with Gasteiger partial charge in [-0.2, -0.15) is 0 Å². The zero-order chi connectivity index (χ0) is 10.9. The van der Waals surface area contributed by atoms with E-state index in [9.17, 15) is 0 Å². The monoisotopic (exact) mass is 229 g/mol. The Labute approximate surface area is 95.1 Å². The third-order valence-corrected chi connectivity index (χ3v) is 3.13. The van der Waals surface area contributed by atoms with E-state index in [0.717, 1.165) is 19.5 Å². The van der Waals surface area contributed by atoms with Crippen molar-refractivity contribution in [2.24, 2.45) is 0 Å². The predicted molar refractivity (Wildman–Crippen MR) is 63.3 cm³/mol. The van der Waals surface area contributed by atoms with Crippen LogP contribution in [0.2, 0.25) is 0 Å². The highest BCUT2D eigenvalue weighted by Crippen LogP contribution is 2.16. The average Bonchev–Trinajstić information content (AvgIpc) is 2.70. The Morgan fingerprint density at radius 1 is 1.47 bits per heavy atom. The van der Waals surface area contributed by atoms with Gasteiger partial charge in [-0.1, -0.05) is 6.92 Å². The second-order valence-corrected chi connectivity index (χ2v) is 4.24. The molecule has 1 heterocycles. The first kappa shape index (κ1) is 12.6. The fourth-order valence-corrected chi connectivity index (χ4v) is 2.30. The summed E-state index contributed by atoms with van der Waals surface area (Å²) >= 11 is 1.80. The SMILES string of the molecule is CCc1ccsc1CNCCOCCO. The van der Waals surface area contributed by atoms with Gasteiger partial charge in [-0.3, -0.25) is 0 Å². The molecule has 0 amide bonds. The van der Waals surface area contributed by atoms with Crippen molar-refractivity contribution in [2.75, 3.05) is 26.4 Å². The van der Waals surface area contributed by atoms with Gasteiger partial charge in [0.1, 0.15) is 0 Å². The fourth-order valence-electron chi connectivity index (χ4n) is 1.35. The van der Waals surface area contributed by atoms with Crippen LogP contribution in [0.25, 0.3) is 0 Å². The minimum atomic E-state index is 0.102. The van der Waals surface area contributed by atoms with Gasteiger partial charge in [-0.15, -0.1) is 11.3 Å². The minimum absolute atomic E-state index is 0.102. The lowest BCUT2D eigenvalue weighted by Gasteiger charge is -2.05. The lowest BCUT2D eigenvalue weighted by molar-refractivity contribution is 0.0938. The van der Waals surface area contributed by atoms with Crippen molar-refractivity contribution in [3.63, 3.8) is 0 Å². The number of aliphatic hydroxyl groups excluding tert-OH is 1. The Balaban J connectivity index is 2.09. The molecule has 0 saturated heterocycles. The fraction of sp³-hybridized carbons (Fsp3) is 0.636. The molecule has 1 rings (SSSR count). The summed E-state index contributed by atoms with van der Waals surface area (Å²) in [6.45, 7) is 5.12. The second-order valence-electron chi connectivity index (χ2n) is 3.24. The molecule has 0 aliphatic carbocycles. The second kappa shape index (κ2) is 7.82. The number of thiophene rings is 1. The summed E-state index contributed by atoms with van der Waals surface area (Å²) in [6.07, 6.45) is 1.10. The van der Waals surface area contributed by atoms with Crippen molar-refractivity contribution in [3.05, 3.63) is 21.9 Å². The summed E-state index contributed by atoms with van der Waals surface area (Å²) in [5, 5.41) is 14.0.